The highest BCUT2D eigenvalue weighted by atomic mass is 32.2. The average Bonchev–Trinajstić information content (AvgIpc) is 2.63. The Bertz CT molecular complexity index is 467. The molecule has 0 aliphatic heterocycles. The van der Waals surface area contributed by atoms with E-state index in [0.717, 1.165) is 11.3 Å². The van der Waals surface area contributed by atoms with Gasteiger partial charge in [0.25, 0.3) is 10.0 Å². The predicted octanol–water partition coefficient (Wildman–Crippen LogP) is -0.255. The molecule has 0 aliphatic carbocycles. The summed E-state index contributed by atoms with van der Waals surface area (Å²) >= 11 is 1.01. The van der Waals surface area contributed by atoms with Crippen molar-refractivity contribution in [1.82, 2.24) is 10.0 Å². The van der Waals surface area contributed by atoms with Crippen LogP contribution < -0.4 is 15.8 Å². The van der Waals surface area contributed by atoms with Crippen molar-refractivity contribution < 1.29 is 13.2 Å². The fraction of sp³-hybridized carbons (Fsp3) is 0.375. The number of amides is 1. The lowest BCUT2D eigenvalue weighted by atomic mass is 10.6. The van der Waals surface area contributed by atoms with Crippen LogP contribution in [0.1, 0.15) is 6.92 Å². The van der Waals surface area contributed by atoms with Crippen molar-refractivity contribution in [1.29, 1.82) is 0 Å². The topological polar surface area (TPSA) is 101 Å². The molecular weight excluding hydrogens is 250 g/mol. The Kier molecular flexibility index (Phi) is 4.27. The maximum atomic E-state index is 11.6. The summed E-state index contributed by atoms with van der Waals surface area (Å²) in [5, 5.41) is 4.02. The van der Waals surface area contributed by atoms with E-state index in [1.54, 1.807) is 6.92 Å². The van der Waals surface area contributed by atoms with Crippen molar-refractivity contribution in [3.63, 3.8) is 0 Å². The molecule has 1 amide bonds. The fourth-order valence-corrected chi connectivity index (χ4v) is 3.07. The van der Waals surface area contributed by atoms with Crippen LogP contribution in [0.4, 0.5) is 5.69 Å². The van der Waals surface area contributed by atoms with Crippen LogP contribution in [0.3, 0.4) is 0 Å². The van der Waals surface area contributed by atoms with Gasteiger partial charge in [-0.2, -0.15) is 0 Å². The molecule has 0 radical (unpaired) electrons. The molecular formula is C8H13N3O3S2. The van der Waals surface area contributed by atoms with Crippen LogP contribution in [0.25, 0.3) is 0 Å². The minimum absolute atomic E-state index is 0.106. The second-order valence-corrected chi connectivity index (χ2v) is 5.88. The molecule has 0 atom stereocenters. The van der Waals surface area contributed by atoms with Gasteiger partial charge in [-0.1, -0.05) is 0 Å². The van der Waals surface area contributed by atoms with Gasteiger partial charge in [0.2, 0.25) is 5.91 Å². The van der Waals surface area contributed by atoms with Gasteiger partial charge < -0.3 is 11.1 Å². The van der Waals surface area contributed by atoms with E-state index in [0.29, 0.717) is 12.2 Å². The zero-order valence-corrected chi connectivity index (χ0v) is 10.3. The van der Waals surface area contributed by atoms with Gasteiger partial charge in [-0.15, -0.1) is 11.3 Å². The SMILES string of the molecule is CCNC(=O)CNS(=O)(=O)c1cc(N)cs1. The molecule has 0 aliphatic rings. The summed E-state index contributed by atoms with van der Waals surface area (Å²) in [5.41, 5.74) is 5.81. The number of rotatable bonds is 5. The van der Waals surface area contributed by atoms with Crippen molar-refractivity contribution in [2.24, 2.45) is 0 Å². The molecule has 1 aromatic rings. The van der Waals surface area contributed by atoms with E-state index >= 15 is 0 Å². The lowest BCUT2D eigenvalue weighted by Gasteiger charge is -2.04. The molecule has 16 heavy (non-hydrogen) atoms. The van der Waals surface area contributed by atoms with E-state index in [4.69, 9.17) is 5.73 Å². The monoisotopic (exact) mass is 263 g/mol. The minimum atomic E-state index is -3.63. The van der Waals surface area contributed by atoms with Gasteiger partial charge >= 0.3 is 0 Å². The van der Waals surface area contributed by atoms with Crippen molar-refractivity contribution in [2.75, 3.05) is 18.8 Å². The van der Waals surface area contributed by atoms with Gasteiger partial charge in [0.15, 0.2) is 0 Å². The van der Waals surface area contributed by atoms with Crippen LogP contribution in [0.2, 0.25) is 0 Å². The Morgan fingerprint density at radius 2 is 2.25 bits per heavy atom. The highest BCUT2D eigenvalue weighted by molar-refractivity contribution is 7.91. The highest BCUT2D eigenvalue weighted by Crippen LogP contribution is 2.20. The molecule has 0 bridgehead atoms. The number of nitrogens with one attached hydrogen (secondary N) is 2. The van der Waals surface area contributed by atoms with Gasteiger partial charge in [-0.25, -0.2) is 13.1 Å². The summed E-state index contributed by atoms with van der Waals surface area (Å²) in [5.74, 6) is -0.365. The van der Waals surface area contributed by atoms with Gasteiger partial charge in [0, 0.05) is 17.6 Å². The summed E-state index contributed by atoms with van der Waals surface area (Å²) < 4.78 is 25.5. The number of hydrogen-bond donors (Lipinski definition) is 3. The maximum absolute atomic E-state index is 11.6. The largest absolute Gasteiger partial charge is 0.398 e. The standard InChI is InChI=1S/C8H13N3O3S2/c1-2-10-7(12)4-11-16(13,14)8-3-6(9)5-15-8/h3,5,11H,2,4,9H2,1H3,(H,10,12). The molecule has 0 saturated heterocycles. The van der Waals surface area contributed by atoms with Crippen LogP contribution in [-0.4, -0.2) is 27.4 Å². The molecule has 1 heterocycles. The number of carbonyl (C=O) groups excluding carboxylic acids is 1. The van der Waals surface area contributed by atoms with Crippen LogP contribution in [0.15, 0.2) is 15.7 Å². The number of carbonyl (C=O) groups is 1. The van der Waals surface area contributed by atoms with Crippen molar-refractivity contribution in [2.45, 2.75) is 11.1 Å². The number of hydrogen-bond acceptors (Lipinski definition) is 5. The molecule has 1 aromatic heterocycles. The normalized spacial score (nSPS) is 11.3. The van der Waals surface area contributed by atoms with E-state index < -0.39 is 10.0 Å². The van der Waals surface area contributed by atoms with Crippen molar-refractivity contribution in [3.05, 3.63) is 11.4 Å². The zero-order chi connectivity index (χ0) is 12.2. The highest BCUT2D eigenvalue weighted by Gasteiger charge is 2.17. The lowest BCUT2D eigenvalue weighted by molar-refractivity contribution is -0.119. The Morgan fingerprint density at radius 1 is 1.56 bits per heavy atom. The smallest absolute Gasteiger partial charge is 0.250 e. The van der Waals surface area contributed by atoms with Crippen LogP contribution in [-0.2, 0) is 14.8 Å². The summed E-state index contributed by atoms with van der Waals surface area (Å²) in [6.45, 7) is 1.95. The van der Waals surface area contributed by atoms with E-state index in [-0.39, 0.29) is 16.7 Å². The first-order chi connectivity index (χ1) is 7.45. The number of nitrogens with two attached hydrogens (primary N) is 1. The van der Waals surface area contributed by atoms with Crippen LogP contribution in [0.5, 0.6) is 0 Å². The van der Waals surface area contributed by atoms with E-state index in [9.17, 15) is 13.2 Å². The lowest BCUT2D eigenvalue weighted by Crippen LogP contribution is -2.36. The van der Waals surface area contributed by atoms with Gasteiger partial charge in [0.05, 0.1) is 6.54 Å². The number of likely N-dealkylation sites (N-methyl/N-ethyl adjacent to an activating group) is 1. The van der Waals surface area contributed by atoms with Crippen LogP contribution in [0, 0.1) is 0 Å². The average molecular weight is 263 g/mol. The molecule has 0 saturated carbocycles. The third-order valence-corrected chi connectivity index (χ3v) is 4.52. The first-order valence-corrected chi connectivity index (χ1v) is 6.92. The molecule has 8 heteroatoms. The Hall–Kier alpha value is -1.12. The first-order valence-electron chi connectivity index (χ1n) is 4.56. The molecule has 0 fully saturated rings. The van der Waals surface area contributed by atoms with Crippen molar-refractivity contribution in [3.8, 4) is 0 Å². The molecule has 0 unspecified atom stereocenters. The number of anilines is 1. The molecule has 0 spiro atoms. The minimum Gasteiger partial charge on any atom is -0.398 e. The van der Waals surface area contributed by atoms with Gasteiger partial charge in [0.1, 0.15) is 4.21 Å². The summed E-state index contributed by atoms with van der Waals surface area (Å²) in [4.78, 5) is 11.1. The quantitative estimate of drug-likeness (QED) is 0.681. The van der Waals surface area contributed by atoms with E-state index in [1.165, 1.54) is 11.4 Å². The fourth-order valence-electron chi connectivity index (χ4n) is 0.963. The van der Waals surface area contributed by atoms with E-state index in [1.807, 2.05) is 0 Å². The first kappa shape index (κ1) is 12.9. The summed E-state index contributed by atoms with van der Waals surface area (Å²) in [6.07, 6.45) is 0. The summed E-state index contributed by atoms with van der Waals surface area (Å²) in [6, 6.07) is 1.35. The number of thiophene rings is 1. The van der Waals surface area contributed by atoms with Gasteiger partial charge in [-0.05, 0) is 13.0 Å². The Morgan fingerprint density at radius 3 is 2.75 bits per heavy atom. The second kappa shape index (κ2) is 5.28. The molecule has 0 aromatic carbocycles. The third kappa shape index (κ3) is 3.47. The molecule has 90 valence electrons. The summed E-state index contributed by atoms with van der Waals surface area (Å²) in [7, 11) is -3.63. The molecule has 4 N–H and O–H groups in total. The van der Waals surface area contributed by atoms with Crippen molar-refractivity contribution >= 4 is 33.0 Å². The Labute approximate surface area is 97.9 Å². The van der Waals surface area contributed by atoms with E-state index in [2.05, 4.69) is 10.0 Å². The Balaban J connectivity index is 2.63. The second-order valence-electron chi connectivity index (χ2n) is 2.98. The predicted molar refractivity (Wildman–Crippen MR) is 62.6 cm³/mol. The number of nitrogen functional groups attached to an aromatic ring is 1. The number of sulfonamides is 1. The third-order valence-electron chi connectivity index (χ3n) is 1.66. The zero-order valence-electron chi connectivity index (χ0n) is 8.69. The molecule has 6 nitrogen and oxygen atoms in total. The van der Waals surface area contributed by atoms with Gasteiger partial charge in [-0.3, -0.25) is 4.79 Å². The maximum Gasteiger partial charge on any atom is 0.250 e. The molecule has 1 rings (SSSR count). The van der Waals surface area contributed by atoms with Crippen LogP contribution >= 0.6 is 11.3 Å².